The molecule has 0 amide bonds. The average molecular weight is 105 g/mol. The van der Waals surface area contributed by atoms with Gasteiger partial charge in [-0.2, -0.15) is 0 Å². The van der Waals surface area contributed by atoms with E-state index in [1.165, 1.54) is 5.37 Å². The fraction of sp³-hybridized carbons (Fsp3) is 0.667. The Labute approximate surface area is 42.0 Å². The Morgan fingerprint density at radius 3 is 2.50 bits per heavy atom. The van der Waals surface area contributed by atoms with Crippen LogP contribution in [-0.2, 0) is 0 Å². The summed E-state index contributed by atoms with van der Waals surface area (Å²) >= 11 is 4.36. The Morgan fingerprint density at radius 2 is 2.50 bits per heavy atom. The Morgan fingerprint density at radius 1 is 2.00 bits per heavy atom. The Balaban J connectivity index is 2.81. The molecule has 0 aromatic heterocycles. The molecule has 0 bridgehead atoms. The monoisotopic (exact) mass is 105 g/mol. The van der Waals surface area contributed by atoms with Crippen molar-refractivity contribution in [2.24, 2.45) is 5.73 Å². The molecule has 0 spiro atoms. The van der Waals surface area contributed by atoms with Gasteiger partial charge in [-0.25, -0.2) is 0 Å². The third kappa shape index (κ3) is 4.01. The lowest BCUT2D eigenvalue weighted by molar-refractivity contribution is 0.192. The van der Waals surface area contributed by atoms with Crippen molar-refractivity contribution in [2.75, 3.05) is 0 Å². The fourth-order valence-electron chi connectivity index (χ4n) is 0.0986. The maximum absolute atomic E-state index is 8.23. The van der Waals surface area contributed by atoms with E-state index in [4.69, 9.17) is 10.8 Å². The van der Waals surface area contributed by atoms with Gasteiger partial charge < -0.3 is 10.8 Å². The molecule has 0 rings (SSSR count). The summed E-state index contributed by atoms with van der Waals surface area (Å²) < 4.78 is 0. The van der Waals surface area contributed by atoms with Gasteiger partial charge in [-0.05, 0) is 5.37 Å². The van der Waals surface area contributed by atoms with Gasteiger partial charge >= 0.3 is 0 Å². The first-order valence-corrected chi connectivity index (χ1v) is 2.12. The molecule has 2 nitrogen and oxygen atoms in total. The van der Waals surface area contributed by atoms with E-state index in [1.807, 2.05) is 0 Å². The van der Waals surface area contributed by atoms with E-state index in [-0.39, 0.29) is 0 Å². The number of hydrogen-bond donors (Lipinski definition) is 2. The van der Waals surface area contributed by atoms with Crippen LogP contribution < -0.4 is 5.73 Å². The van der Waals surface area contributed by atoms with Gasteiger partial charge in [-0.1, -0.05) is 12.2 Å². The SMILES string of the molecule is NC(O)CC=S. The second kappa shape index (κ2) is 3.21. The number of thiocarbonyl (C=S) groups is 1. The Bertz CT molecular complexity index is 46.1. The van der Waals surface area contributed by atoms with Crippen LogP contribution in [0, 0.1) is 0 Å². The third-order valence-electron chi connectivity index (χ3n) is 0.338. The smallest absolute Gasteiger partial charge is 0.106 e. The summed E-state index contributed by atoms with van der Waals surface area (Å²) in [6.07, 6.45) is -0.363. The lowest BCUT2D eigenvalue weighted by atomic mass is 10.5. The van der Waals surface area contributed by atoms with E-state index in [2.05, 4.69) is 12.2 Å². The van der Waals surface area contributed by atoms with E-state index in [1.54, 1.807) is 0 Å². The topological polar surface area (TPSA) is 46.2 Å². The molecule has 3 N–H and O–H groups in total. The summed E-state index contributed by atoms with van der Waals surface area (Å²) in [7, 11) is 0. The fourth-order valence-corrected chi connectivity index (χ4v) is 0.296. The van der Waals surface area contributed by atoms with Crippen molar-refractivity contribution in [3.63, 3.8) is 0 Å². The van der Waals surface area contributed by atoms with Crippen molar-refractivity contribution in [1.29, 1.82) is 0 Å². The van der Waals surface area contributed by atoms with Gasteiger partial charge in [-0.15, -0.1) is 0 Å². The standard InChI is InChI=1S/C3H7NOS/c4-3(5)1-2-6/h2-3,5H,1,4H2. The molecule has 36 valence electrons. The van der Waals surface area contributed by atoms with Gasteiger partial charge in [-0.3, -0.25) is 0 Å². The zero-order valence-corrected chi connectivity index (χ0v) is 4.11. The molecule has 0 aromatic rings. The Kier molecular flexibility index (Phi) is 3.21. The van der Waals surface area contributed by atoms with Gasteiger partial charge in [0.2, 0.25) is 0 Å². The highest BCUT2D eigenvalue weighted by Gasteiger charge is 1.85. The first-order valence-electron chi connectivity index (χ1n) is 1.64. The molecule has 6 heavy (non-hydrogen) atoms. The van der Waals surface area contributed by atoms with E-state index in [9.17, 15) is 0 Å². The molecule has 1 atom stereocenters. The van der Waals surface area contributed by atoms with Gasteiger partial charge in [0.05, 0.1) is 0 Å². The summed E-state index contributed by atoms with van der Waals surface area (Å²) in [5.74, 6) is 0. The highest BCUT2D eigenvalue weighted by Crippen LogP contribution is 1.73. The van der Waals surface area contributed by atoms with Gasteiger partial charge in [0, 0.05) is 6.42 Å². The first kappa shape index (κ1) is 6.01. The van der Waals surface area contributed by atoms with Crippen molar-refractivity contribution >= 4 is 17.6 Å². The maximum atomic E-state index is 8.23. The molecule has 0 saturated heterocycles. The zero-order valence-electron chi connectivity index (χ0n) is 3.29. The minimum absolute atomic E-state index is 0.398. The molecule has 0 fully saturated rings. The maximum Gasteiger partial charge on any atom is 0.106 e. The lowest BCUT2D eigenvalue weighted by Gasteiger charge is -1.92. The number of aliphatic hydroxyl groups is 1. The van der Waals surface area contributed by atoms with Crippen LogP contribution >= 0.6 is 12.2 Å². The molecule has 3 heteroatoms. The van der Waals surface area contributed by atoms with Gasteiger partial charge in [0.25, 0.3) is 0 Å². The predicted molar refractivity (Wildman–Crippen MR) is 28.5 cm³/mol. The van der Waals surface area contributed by atoms with Crippen LogP contribution in [0.2, 0.25) is 0 Å². The van der Waals surface area contributed by atoms with E-state index < -0.39 is 6.23 Å². The van der Waals surface area contributed by atoms with E-state index in [0.29, 0.717) is 6.42 Å². The van der Waals surface area contributed by atoms with E-state index in [0.717, 1.165) is 0 Å². The molecule has 0 radical (unpaired) electrons. The predicted octanol–water partition coefficient (Wildman–Crippen LogP) is -0.347. The van der Waals surface area contributed by atoms with Crippen LogP contribution in [-0.4, -0.2) is 16.7 Å². The van der Waals surface area contributed by atoms with Crippen molar-refractivity contribution in [2.45, 2.75) is 12.6 Å². The molecular weight excluding hydrogens is 98.1 g/mol. The van der Waals surface area contributed by atoms with Crippen molar-refractivity contribution in [3.8, 4) is 0 Å². The second-order valence-corrected chi connectivity index (χ2v) is 1.30. The summed E-state index contributed by atoms with van der Waals surface area (Å²) in [5.41, 5.74) is 4.86. The van der Waals surface area contributed by atoms with Crippen LogP contribution in [0.25, 0.3) is 0 Å². The number of rotatable bonds is 2. The molecule has 0 aromatic carbocycles. The van der Waals surface area contributed by atoms with Crippen molar-refractivity contribution in [1.82, 2.24) is 0 Å². The quantitative estimate of drug-likeness (QED) is 0.373. The molecule has 0 aliphatic heterocycles. The van der Waals surface area contributed by atoms with Crippen molar-refractivity contribution in [3.05, 3.63) is 0 Å². The summed E-state index contributed by atoms with van der Waals surface area (Å²) in [5, 5.41) is 9.64. The van der Waals surface area contributed by atoms with Crippen LogP contribution in [0.15, 0.2) is 0 Å². The van der Waals surface area contributed by atoms with Gasteiger partial charge in [0.15, 0.2) is 0 Å². The highest BCUT2D eigenvalue weighted by atomic mass is 32.1. The highest BCUT2D eigenvalue weighted by molar-refractivity contribution is 7.78. The largest absolute Gasteiger partial charge is 0.378 e. The van der Waals surface area contributed by atoms with Crippen molar-refractivity contribution < 1.29 is 5.11 Å². The van der Waals surface area contributed by atoms with Crippen LogP contribution in [0.5, 0.6) is 0 Å². The van der Waals surface area contributed by atoms with Crippen LogP contribution in [0.4, 0.5) is 0 Å². The normalized spacial score (nSPS) is 13.7. The summed E-state index contributed by atoms with van der Waals surface area (Å²) in [6.45, 7) is 0. The number of aliphatic hydroxyl groups excluding tert-OH is 1. The third-order valence-corrected chi connectivity index (χ3v) is 0.530. The lowest BCUT2D eigenvalue weighted by Crippen LogP contribution is -2.17. The van der Waals surface area contributed by atoms with Gasteiger partial charge in [0.1, 0.15) is 6.23 Å². The molecule has 0 aliphatic carbocycles. The number of nitrogens with two attached hydrogens (primary N) is 1. The molecular formula is C3H7NOS. The minimum Gasteiger partial charge on any atom is -0.378 e. The van der Waals surface area contributed by atoms with E-state index >= 15 is 0 Å². The minimum atomic E-state index is -0.762. The second-order valence-electron chi connectivity index (χ2n) is 0.970. The zero-order chi connectivity index (χ0) is 4.99. The summed E-state index contributed by atoms with van der Waals surface area (Å²) in [4.78, 5) is 0. The Hall–Kier alpha value is 0.01000. The summed E-state index contributed by atoms with van der Waals surface area (Å²) in [6, 6.07) is 0. The van der Waals surface area contributed by atoms with Crippen LogP contribution in [0.3, 0.4) is 0 Å². The molecule has 0 aliphatic rings. The molecule has 0 saturated carbocycles. The molecule has 0 heterocycles. The first-order chi connectivity index (χ1) is 2.77. The van der Waals surface area contributed by atoms with Crippen LogP contribution in [0.1, 0.15) is 6.42 Å². The number of hydrogen-bond acceptors (Lipinski definition) is 3. The average Bonchev–Trinajstić information content (AvgIpc) is 1.35. The molecule has 1 unspecified atom stereocenters.